The Labute approximate surface area is 109 Å². The van der Waals surface area contributed by atoms with Crippen LogP contribution in [0.25, 0.3) is 0 Å². The van der Waals surface area contributed by atoms with E-state index in [9.17, 15) is 4.79 Å². The van der Waals surface area contributed by atoms with Crippen molar-refractivity contribution in [3.63, 3.8) is 0 Å². The fourth-order valence-electron chi connectivity index (χ4n) is 1.57. The molecule has 1 atom stereocenters. The Kier molecular flexibility index (Phi) is 6.22. The van der Waals surface area contributed by atoms with Gasteiger partial charge in [0.15, 0.2) is 0 Å². The molecule has 1 rings (SSSR count). The average molecular weight is 250 g/mol. The number of nitrogen functional groups attached to an aromatic ring is 1. The molecule has 0 aliphatic carbocycles. The molecule has 0 fully saturated rings. The number of hydrogen-bond donors (Lipinski definition) is 2. The van der Waals surface area contributed by atoms with Crippen LogP contribution in [0.4, 0.5) is 5.69 Å². The quantitative estimate of drug-likeness (QED) is 0.724. The number of nitrogens with one attached hydrogen (secondary N) is 1. The van der Waals surface area contributed by atoms with E-state index < -0.39 is 0 Å². The monoisotopic (exact) mass is 250 g/mol. The normalized spacial score (nSPS) is 12.1. The highest BCUT2D eigenvalue weighted by molar-refractivity contribution is 5.75. The highest BCUT2D eigenvalue weighted by Crippen LogP contribution is 2.05. The van der Waals surface area contributed by atoms with Crippen molar-refractivity contribution in [3.05, 3.63) is 29.8 Å². The molecule has 0 aliphatic heterocycles. The number of anilines is 1. The summed E-state index contributed by atoms with van der Waals surface area (Å²) in [5, 5.41) is 2.90. The van der Waals surface area contributed by atoms with Crippen LogP contribution in [-0.2, 0) is 16.0 Å². The third-order valence-corrected chi connectivity index (χ3v) is 2.90. The van der Waals surface area contributed by atoms with E-state index in [2.05, 4.69) is 5.32 Å². The highest BCUT2D eigenvalue weighted by atomic mass is 16.5. The molecule has 0 heterocycles. The lowest BCUT2D eigenvalue weighted by atomic mass is 10.1. The van der Waals surface area contributed by atoms with Crippen LogP contribution in [0.3, 0.4) is 0 Å². The van der Waals surface area contributed by atoms with Crippen molar-refractivity contribution in [2.45, 2.75) is 32.3 Å². The summed E-state index contributed by atoms with van der Waals surface area (Å²) in [7, 11) is 1.66. The van der Waals surface area contributed by atoms with Crippen molar-refractivity contribution in [2.24, 2.45) is 0 Å². The first kappa shape index (κ1) is 14.5. The van der Waals surface area contributed by atoms with Crippen LogP contribution in [0.5, 0.6) is 0 Å². The van der Waals surface area contributed by atoms with Crippen LogP contribution < -0.4 is 11.1 Å². The van der Waals surface area contributed by atoms with Gasteiger partial charge >= 0.3 is 0 Å². The number of hydrogen-bond acceptors (Lipinski definition) is 3. The van der Waals surface area contributed by atoms with Gasteiger partial charge < -0.3 is 15.8 Å². The minimum atomic E-state index is 0.0781. The standard InChI is InChI=1S/C14H22N2O2/c1-11(18-2)3-8-14(17)16-10-9-12-4-6-13(15)7-5-12/h4-7,11H,3,8-10,15H2,1-2H3,(H,16,17). The fourth-order valence-corrected chi connectivity index (χ4v) is 1.57. The topological polar surface area (TPSA) is 64.3 Å². The Bertz CT molecular complexity index is 363. The van der Waals surface area contributed by atoms with E-state index in [1.165, 1.54) is 5.56 Å². The maximum atomic E-state index is 11.5. The van der Waals surface area contributed by atoms with E-state index in [1.807, 2.05) is 31.2 Å². The first-order valence-electron chi connectivity index (χ1n) is 6.25. The number of amides is 1. The molecule has 0 radical (unpaired) electrons. The van der Waals surface area contributed by atoms with Gasteiger partial charge in [-0.2, -0.15) is 0 Å². The molecule has 0 spiro atoms. The number of methoxy groups -OCH3 is 1. The molecule has 100 valence electrons. The number of carbonyl (C=O) groups is 1. The first-order valence-corrected chi connectivity index (χ1v) is 6.25. The van der Waals surface area contributed by atoms with Crippen molar-refractivity contribution in [1.29, 1.82) is 0 Å². The molecule has 0 saturated carbocycles. The van der Waals surface area contributed by atoms with Gasteiger partial charge in [-0.3, -0.25) is 4.79 Å². The lowest BCUT2D eigenvalue weighted by Crippen LogP contribution is -2.26. The van der Waals surface area contributed by atoms with Crippen molar-refractivity contribution in [2.75, 3.05) is 19.4 Å². The summed E-state index contributed by atoms with van der Waals surface area (Å²) >= 11 is 0. The third-order valence-electron chi connectivity index (χ3n) is 2.90. The van der Waals surface area contributed by atoms with Gasteiger partial charge in [0.2, 0.25) is 5.91 Å². The van der Waals surface area contributed by atoms with Crippen LogP contribution in [0, 0.1) is 0 Å². The zero-order chi connectivity index (χ0) is 13.4. The predicted octanol–water partition coefficient (Wildman–Crippen LogP) is 1.74. The lowest BCUT2D eigenvalue weighted by Gasteiger charge is -2.09. The average Bonchev–Trinajstić information content (AvgIpc) is 2.38. The van der Waals surface area contributed by atoms with Gasteiger partial charge in [0, 0.05) is 25.8 Å². The molecule has 1 aromatic carbocycles. The summed E-state index contributed by atoms with van der Waals surface area (Å²) in [6, 6.07) is 7.71. The van der Waals surface area contributed by atoms with Crippen molar-refractivity contribution >= 4 is 11.6 Å². The largest absolute Gasteiger partial charge is 0.399 e. The first-order chi connectivity index (χ1) is 8.61. The van der Waals surface area contributed by atoms with E-state index in [-0.39, 0.29) is 12.0 Å². The number of benzene rings is 1. The summed E-state index contributed by atoms with van der Waals surface area (Å²) in [6.45, 7) is 2.62. The van der Waals surface area contributed by atoms with Crippen molar-refractivity contribution in [1.82, 2.24) is 5.32 Å². The fraction of sp³-hybridized carbons (Fsp3) is 0.500. The molecule has 3 N–H and O–H groups in total. The number of nitrogens with two attached hydrogens (primary N) is 1. The van der Waals surface area contributed by atoms with Crippen LogP contribution in [0.1, 0.15) is 25.3 Å². The minimum absolute atomic E-state index is 0.0781. The molecule has 1 aromatic rings. The number of ether oxygens (including phenoxy) is 1. The molecule has 4 nitrogen and oxygen atoms in total. The highest BCUT2D eigenvalue weighted by Gasteiger charge is 2.05. The molecule has 0 saturated heterocycles. The predicted molar refractivity (Wildman–Crippen MR) is 73.3 cm³/mol. The van der Waals surface area contributed by atoms with Gasteiger partial charge in [-0.1, -0.05) is 12.1 Å². The number of rotatable bonds is 7. The Hall–Kier alpha value is -1.55. The molecular formula is C14H22N2O2. The molecule has 1 unspecified atom stereocenters. The molecule has 1 amide bonds. The smallest absolute Gasteiger partial charge is 0.220 e. The van der Waals surface area contributed by atoms with Crippen LogP contribution in [0.15, 0.2) is 24.3 Å². The molecular weight excluding hydrogens is 228 g/mol. The second-order valence-electron chi connectivity index (χ2n) is 4.43. The van der Waals surface area contributed by atoms with Crippen molar-refractivity contribution in [3.8, 4) is 0 Å². The Morgan fingerprint density at radius 2 is 2.06 bits per heavy atom. The second-order valence-corrected chi connectivity index (χ2v) is 4.43. The van der Waals surface area contributed by atoms with E-state index >= 15 is 0 Å². The zero-order valence-corrected chi connectivity index (χ0v) is 11.1. The second kappa shape index (κ2) is 7.71. The van der Waals surface area contributed by atoms with Gasteiger partial charge in [0.25, 0.3) is 0 Å². The Morgan fingerprint density at radius 1 is 1.39 bits per heavy atom. The summed E-state index contributed by atoms with van der Waals surface area (Å²) < 4.78 is 5.09. The van der Waals surface area contributed by atoms with Crippen molar-refractivity contribution < 1.29 is 9.53 Å². The maximum absolute atomic E-state index is 11.5. The van der Waals surface area contributed by atoms with Gasteiger partial charge in [-0.25, -0.2) is 0 Å². The third kappa shape index (κ3) is 5.68. The minimum Gasteiger partial charge on any atom is -0.399 e. The van der Waals surface area contributed by atoms with Gasteiger partial charge in [0.05, 0.1) is 6.10 Å². The Morgan fingerprint density at radius 3 is 2.67 bits per heavy atom. The lowest BCUT2D eigenvalue weighted by molar-refractivity contribution is -0.121. The zero-order valence-electron chi connectivity index (χ0n) is 11.1. The molecule has 0 aliphatic rings. The van der Waals surface area contributed by atoms with Crippen LogP contribution in [-0.4, -0.2) is 25.7 Å². The summed E-state index contributed by atoms with van der Waals surface area (Å²) in [6.07, 6.45) is 2.22. The van der Waals surface area contributed by atoms with E-state index in [4.69, 9.17) is 10.5 Å². The summed E-state index contributed by atoms with van der Waals surface area (Å²) in [4.78, 5) is 11.5. The summed E-state index contributed by atoms with van der Waals surface area (Å²) in [5.41, 5.74) is 7.54. The Balaban J connectivity index is 2.17. The van der Waals surface area contributed by atoms with E-state index in [1.54, 1.807) is 7.11 Å². The maximum Gasteiger partial charge on any atom is 0.220 e. The molecule has 4 heteroatoms. The van der Waals surface area contributed by atoms with Gasteiger partial charge in [-0.05, 0) is 37.5 Å². The number of carbonyl (C=O) groups excluding carboxylic acids is 1. The molecule has 0 aromatic heterocycles. The van der Waals surface area contributed by atoms with Crippen LogP contribution in [0.2, 0.25) is 0 Å². The molecule has 18 heavy (non-hydrogen) atoms. The van der Waals surface area contributed by atoms with Gasteiger partial charge in [0.1, 0.15) is 0 Å². The van der Waals surface area contributed by atoms with Gasteiger partial charge in [-0.15, -0.1) is 0 Å². The SMILES string of the molecule is COC(C)CCC(=O)NCCc1ccc(N)cc1. The summed E-state index contributed by atoms with van der Waals surface area (Å²) in [5.74, 6) is 0.0781. The van der Waals surface area contributed by atoms with Crippen LogP contribution >= 0.6 is 0 Å². The van der Waals surface area contributed by atoms with E-state index in [0.29, 0.717) is 13.0 Å². The van der Waals surface area contributed by atoms with E-state index in [0.717, 1.165) is 18.5 Å². The molecule has 0 bridgehead atoms.